The van der Waals surface area contributed by atoms with Gasteiger partial charge in [0.15, 0.2) is 5.41 Å². The van der Waals surface area contributed by atoms with Crippen LogP contribution in [0.15, 0.2) is 24.0 Å². The summed E-state index contributed by atoms with van der Waals surface area (Å²) in [6.45, 7) is 1.20. The van der Waals surface area contributed by atoms with Crippen LogP contribution in [0.3, 0.4) is 0 Å². The Bertz CT molecular complexity index is 346. The van der Waals surface area contributed by atoms with E-state index in [1.54, 1.807) is 0 Å². The highest BCUT2D eigenvalue weighted by atomic mass is 16.6. The van der Waals surface area contributed by atoms with E-state index >= 15 is 0 Å². The third-order valence-corrected chi connectivity index (χ3v) is 2.20. The second kappa shape index (κ2) is 3.13. The summed E-state index contributed by atoms with van der Waals surface area (Å²) in [5.74, 6) is -1.61. The molecule has 0 saturated carbocycles. The SMILES string of the molecule is CC1(C(=O)O)C=C(O)C=CC1[N+](=O)[O-]. The summed E-state index contributed by atoms with van der Waals surface area (Å²) in [6.07, 6.45) is 3.17. The Balaban J connectivity index is 3.17. The van der Waals surface area contributed by atoms with E-state index < -0.39 is 22.3 Å². The molecule has 76 valence electrons. The number of carbonyl (C=O) groups is 1. The van der Waals surface area contributed by atoms with E-state index in [0.717, 1.165) is 18.2 Å². The maximum Gasteiger partial charge on any atom is 0.320 e. The number of carboxylic acids is 1. The molecule has 6 heteroatoms. The second-order valence-electron chi connectivity index (χ2n) is 3.25. The first-order valence-corrected chi connectivity index (χ1v) is 3.85. The molecule has 1 aliphatic rings. The summed E-state index contributed by atoms with van der Waals surface area (Å²) >= 11 is 0. The zero-order valence-corrected chi connectivity index (χ0v) is 7.38. The molecule has 0 heterocycles. The third kappa shape index (κ3) is 1.46. The minimum absolute atomic E-state index is 0.270. The maximum absolute atomic E-state index is 10.8. The number of aliphatic hydroxyl groups is 1. The van der Waals surface area contributed by atoms with Gasteiger partial charge in [-0.15, -0.1) is 0 Å². The molecule has 0 radical (unpaired) electrons. The van der Waals surface area contributed by atoms with Crippen molar-refractivity contribution in [2.24, 2.45) is 5.41 Å². The van der Waals surface area contributed by atoms with Crippen molar-refractivity contribution in [1.82, 2.24) is 0 Å². The van der Waals surface area contributed by atoms with E-state index in [2.05, 4.69) is 0 Å². The van der Waals surface area contributed by atoms with Gasteiger partial charge in [0.1, 0.15) is 5.76 Å². The van der Waals surface area contributed by atoms with E-state index in [4.69, 9.17) is 10.2 Å². The molecule has 0 aliphatic heterocycles. The molecule has 0 aromatic heterocycles. The highest BCUT2D eigenvalue weighted by Crippen LogP contribution is 2.31. The Morgan fingerprint density at radius 2 is 2.29 bits per heavy atom. The molecule has 1 aliphatic carbocycles. The lowest BCUT2D eigenvalue weighted by Gasteiger charge is -2.24. The number of hydrogen-bond donors (Lipinski definition) is 2. The first-order valence-electron chi connectivity index (χ1n) is 3.85. The molecule has 0 fully saturated rings. The van der Waals surface area contributed by atoms with Gasteiger partial charge in [-0.05, 0) is 25.2 Å². The van der Waals surface area contributed by atoms with E-state index in [0.29, 0.717) is 0 Å². The number of allylic oxidation sites excluding steroid dienone is 1. The highest BCUT2D eigenvalue weighted by Gasteiger charge is 2.48. The summed E-state index contributed by atoms with van der Waals surface area (Å²) < 4.78 is 0. The Kier molecular flexibility index (Phi) is 2.29. The van der Waals surface area contributed by atoms with Crippen LogP contribution in [0, 0.1) is 15.5 Å². The first-order chi connectivity index (χ1) is 6.38. The molecule has 0 aromatic rings. The normalized spacial score (nSPS) is 30.9. The molecule has 0 saturated heterocycles. The molecule has 0 aromatic carbocycles. The van der Waals surface area contributed by atoms with E-state index in [1.807, 2.05) is 0 Å². The molecule has 0 spiro atoms. The number of aliphatic hydroxyl groups excluding tert-OH is 1. The first kappa shape index (κ1) is 10.2. The zero-order chi connectivity index (χ0) is 10.9. The van der Waals surface area contributed by atoms with E-state index in [-0.39, 0.29) is 5.76 Å². The van der Waals surface area contributed by atoms with Crippen molar-refractivity contribution in [2.45, 2.75) is 13.0 Å². The predicted molar refractivity (Wildman–Crippen MR) is 46.4 cm³/mol. The van der Waals surface area contributed by atoms with Crippen LogP contribution in [0.5, 0.6) is 0 Å². The van der Waals surface area contributed by atoms with Gasteiger partial charge in [0, 0.05) is 4.92 Å². The molecule has 0 amide bonds. The maximum atomic E-state index is 10.8. The number of hydrogen-bond acceptors (Lipinski definition) is 4. The van der Waals surface area contributed by atoms with Gasteiger partial charge in [0.05, 0.1) is 0 Å². The van der Waals surface area contributed by atoms with Crippen LogP contribution in [0.25, 0.3) is 0 Å². The summed E-state index contributed by atoms with van der Waals surface area (Å²) in [7, 11) is 0. The number of aliphatic carboxylic acids is 1. The molecule has 2 N–H and O–H groups in total. The van der Waals surface area contributed by atoms with Gasteiger partial charge in [-0.25, -0.2) is 0 Å². The van der Waals surface area contributed by atoms with Crippen LogP contribution in [0.1, 0.15) is 6.92 Å². The zero-order valence-electron chi connectivity index (χ0n) is 7.38. The summed E-state index contributed by atoms with van der Waals surface area (Å²) in [6, 6.07) is -1.35. The minimum atomic E-state index is -1.69. The topological polar surface area (TPSA) is 101 Å². The van der Waals surface area contributed by atoms with Crippen molar-refractivity contribution < 1.29 is 19.9 Å². The van der Waals surface area contributed by atoms with Crippen LogP contribution in [-0.2, 0) is 4.79 Å². The van der Waals surface area contributed by atoms with Gasteiger partial charge >= 0.3 is 5.97 Å². The Labute approximate surface area is 79.3 Å². The lowest BCUT2D eigenvalue weighted by molar-refractivity contribution is -0.522. The lowest BCUT2D eigenvalue weighted by atomic mass is 9.79. The van der Waals surface area contributed by atoms with Gasteiger partial charge in [-0.1, -0.05) is 0 Å². The Morgan fingerprint density at radius 3 is 2.71 bits per heavy atom. The number of carboxylic acid groups (broad SMARTS) is 1. The van der Waals surface area contributed by atoms with Gasteiger partial charge in [-0.2, -0.15) is 0 Å². The molecule has 1 rings (SSSR count). The van der Waals surface area contributed by atoms with Crippen molar-refractivity contribution in [3.63, 3.8) is 0 Å². The van der Waals surface area contributed by atoms with E-state index in [1.165, 1.54) is 6.92 Å². The smallest absolute Gasteiger partial charge is 0.320 e. The molecule has 2 atom stereocenters. The van der Waals surface area contributed by atoms with Crippen molar-refractivity contribution >= 4 is 5.97 Å². The van der Waals surface area contributed by atoms with Gasteiger partial charge in [0.25, 0.3) is 6.04 Å². The van der Waals surface area contributed by atoms with Gasteiger partial charge in [-0.3, -0.25) is 14.9 Å². The van der Waals surface area contributed by atoms with Crippen molar-refractivity contribution in [2.75, 3.05) is 0 Å². The molecular formula is C8H9NO5. The lowest BCUT2D eigenvalue weighted by Crippen LogP contribution is -2.43. The predicted octanol–water partition coefficient (Wildman–Crippen LogP) is 0.734. The second-order valence-corrected chi connectivity index (χ2v) is 3.25. The third-order valence-electron chi connectivity index (χ3n) is 2.20. The van der Waals surface area contributed by atoms with Gasteiger partial charge in [0.2, 0.25) is 0 Å². The van der Waals surface area contributed by atoms with Gasteiger partial charge < -0.3 is 10.2 Å². The average molecular weight is 199 g/mol. The number of nitro groups is 1. The fraction of sp³-hybridized carbons (Fsp3) is 0.375. The fourth-order valence-corrected chi connectivity index (χ4v) is 1.31. The standard InChI is InChI=1S/C8H9NO5/c1-8(7(11)12)4-5(10)2-3-6(8)9(13)14/h2-4,6,10H,1H3,(H,11,12). The van der Waals surface area contributed by atoms with Crippen molar-refractivity contribution in [3.05, 3.63) is 34.1 Å². The van der Waals surface area contributed by atoms with Crippen molar-refractivity contribution in [3.8, 4) is 0 Å². The molecule has 6 nitrogen and oxygen atoms in total. The van der Waals surface area contributed by atoms with Crippen LogP contribution in [0.2, 0.25) is 0 Å². The fourth-order valence-electron chi connectivity index (χ4n) is 1.31. The monoisotopic (exact) mass is 199 g/mol. The number of rotatable bonds is 2. The van der Waals surface area contributed by atoms with Crippen LogP contribution >= 0.6 is 0 Å². The number of nitrogens with zero attached hydrogens (tertiary/aromatic N) is 1. The van der Waals surface area contributed by atoms with Crippen LogP contribution in [-0.4, -0.2) is 27.1 Å². The Morgan fingerprint density at radius 1 is 1.71 bits per heavy atom. The summed E-state index contributed by atoms with van der Waals surface area (Å²) in [4.78, 5) is 20.7. The van der Waals surface area contributed by atoms with Crippen LogP contribution < -0.4 is 0 Å². The quantitative estimate of drug-likeness (QED) is 0.504. The highest BCUT2D eigenvalue weighted by molar-refractivity contribution is 5.78. The van der Waals surface area contributed by atoms with E-state index in [9.17, 15) is 14.9 Å². The molecule has 0 bridgehead atoms. The average Bonchev–Trinajstić information content (AvgIpc) is 2.02. The largest absolute Gasteiger partial charge is 0.508 e. The minimum Gasteiger partial charge on any atom is -0.508 e. The summed E-state index contributed by atoms with van der Waals surface area (Å²) in [5, 5.41) is 28.5. The molecular weight excluding hydrogens is 190 g/mol. The molecule has 14 heavy (non-hydrogen) atoms. The Hall–Kier alpha value is -1.85. The van der Waals surface area contributed by atoms with Crippen LogP contribution in [0.4, 0.5) is 0 Å². The molecule has 2 unspecified atom stereocenters. The summed E-state index contributed by atoms with van der Waals surface area (Å²) in [5.41, 5.74) is -1.69. The van der Waals surface area contributed by atoms with Crippen molar-refractivity contribution in [1.29, 1.82) is 0 Å².